The molecular formula is C8H10N2OS. The number of hydrogen-bond acceptors (Lipinski definition) is 3. The van der Waals surface area contributed by atoms with E-state index in [9.17, 15) is 4.79 Å². The van der Waals surface area contributed by atoms with Crippen molar-refractivity contribution in [3.8, 4) is 0 Å². The minimum atomic E-state index is -0.122. The van der Waals surface area contributed by atoms with Crippen molar-refractivity contribution in [2.75, 3.05) is 16.8 Å². The van der Waals surface area contributed by atoms with Crippen LogP contribution in [0, 0.1) is 0 Å². The third-order valence-electron chi connectivity index (χ3n) is 1.34. The highest BCUT2D eigenvalue weighted by Gasteiger charge is 1.97. The van der Waals surface area contributed by atoms with E-state index in [0.717, 1.165) is 5.69 Å². The predicted molar refractivity (Wildman–Crippen MR) is 53.3 cm³/mol. The van der Waals surface area contributed by atoms with Crippen LogP contribution in [0.2, 0.25) is 0 Å². The number of hydrogen-bond donors (Lipinski definition) is 3. The molecule has 12 heavy (non-hydrogen) atoms. The van der Waals surface area contributed by atoms with Crippen molar-refractivity contribution in [3.05, 3.63) is 24.3 Å². The number of anilines is 2. The second-order valence-corrected chi connectivity index (χ2v) is 2.64. The fourth-order valence-electron chi connectivity index (χ4n) is 0.767. The Morgan fingerprint density at radius 2 is 2.00 bits per heavy atom. The van der Waals surface area contributed by atoms with Gasteiger partial charge in [0.05, 0.1) is 5.75 Å². The largest absolute Gasteiger partial charge is 0.399 e. The highest BCUT2D eigenvalue weighted by molar-refractivity contribution is 7.81. The topological polar surface area (TPSA) is 55.1 Å². The lowest BCUT2D eigenvalue weighted by atomic mass is 10.3. The predicted octanol–water partition coefficient (Wildman–Crippen LogP) is 1.14. The SMILES string of the molecule is Nc1ccc(NC(=O)CS)cc1. The van der Waals surface area contributed by atoms with Crippen molar-refractivity contribution in [1.82, 2.24) is 0 Å². The zero-order chi connectivity index (χ0) is 8.97. The molecule has 1 aromatic rings. The minimum Gasteiger partial charge on any atom is -0.399 e. The average molecular weight is 182 g/mol. The number of nitrogen functional groups attached to an aromatic ring is 1. The normalized spacial score (nSPS) is 9.42. The van der Waals surface area contributed by atoms with Crippen LogP contribution in [0.5, 0.6) is 0 Å². The number of nitrogens with one attached hydrogen (secondary N) is 1. The van der Waals surface area contributed by atoms with E-state index in [0.29, 0.717) is 5.69 Å². The smallest absolute Gasteiger partial charge is 0.234 e. The molecule has 0 spiro atoms. The van der Waals surface area contributed by atoms with Gasteiger partial charge in [0.2, 0.25) is 5.91 Å². The second kappa shape index (κ2) is 4.01. The Kier molecular flexibility index (Phi) is 2.99. The maximum absolute atomic E-state index is 10.8. The summed E-state index contributed by atoms with van der Waals surface area (Å²) in [4.78, 5) is 10.8. The minimum absolute atomic E-state index is 0.122. The summed E-state index contributed by atoms with van der Waals surface area (Å²) in [6, 6.07) is 6.95. The molecule has 0 saturated heterocycles. The van der Waals surface area contributed by atoms with Crippen molar-refractivity contribution < 1.29 is 4.79 Å². The number of carbonyl (C=O) groups excluding carboxylic acids is 1. The summed E-state index contributed by atoms with van der Waals surface area (Å²) in [5.74, 6) is 0.0628. The summed E-state index contributed by atoms with van der Waals surface area (Å²) < 4.78 is 0. The van der Waals surface area contributed by atoms with Crippen LogP contribution in [-0.2, 0) is 4.79 Å². The first-order chi connectivity index (χ1) is 5.72. The lowest BCUT2D eigenvalue weighted by molar-refractivity contribution is -0.113. The van der Waals surface area contributed by atoms with E-state index < -0.39 is 0 Å². The Hall–Kier alpha value is -1.16. The molecule has 0 aliphatic carbocycles. The number of rotatable bonds is 2. The fraction of sp³-hybridized carbons (Fsp3) is 0.125. The van der Waals surface area contributed by atoms with Crippen molar-refractivity contribution in [3.63, 3.8) is 0 Å². The summed E-state index contributed by atoms with van der Waals surface area (Å²) in [6.07, 6.45) is 0. The molecule has 1 aromatic carbocycles. The van der Waals surface area contributed by atoms with Crippen LogP contribution in [0.4, 0.5) is 11.4 Å². The summed E-state index contributed by atoms with van der Waals surface area (Å²) in [7, 11) is 0. The number of amides is 1. The quantitative estimate of drug-likeness (QED) is 0.474. The molecule has 4 heteroatoms. The Morgan fingerprint density at radius 3 is 2.50 bits per heavy atom. The molecule has 0 radical (unpaired) electrons. The van der Waals surface area contributed by atoms with Crippen LogP contribution in [0.1, 0.15) is 0 Å². The molecule has 0 bridgehead atoms. The molecule has 0 heterocycles. The number of carbonyl (C=O) groups is 1. The van der Waals surface area contributed by atoms with Gasteiger partial charge in [0.25, 0.3) is 0 Å². The second-order valence-electron chi connectivity index (χ2n) is 2.33. The summed E-state index contributed by atoms with van der Waals surface area (Å²) in [5, 5.41) is 2.65. The molecule has 1 rings (SSSR count). The van der Waals surface area contributed by atoms with Gasteiger partial charge in [0, 0.05) is 11.4 Å². The van der Waals surface area contributed by atoms with Gasteiger partial charge in [-0.2, -0.15) is 12.6 Å². The number of nitrogens with two attached hydrogens (primary N) is 1. The molecule has 0 fully saturated rings. The van der Waals surface area contributed by atoms with E-state index in [2.05, 4.69) is 17.9 Å². The third-order valence-corrected chi connectivity index (χ3v) is 1.63. The van der Waals surface area contributed by atoms with E-state index in [-0.39, 0.29) is 11.7 Å². The molecule has 1 amide bonds. The molecule has 3 N–H and O–H groups in total. The lowest BCUT2D eigenvalue weighted by Gasteiger charge is -2.02. The molecule has 0 aromatic heterocycles. The fourth-order valence-corrected chi connectivity index (χ4v) is 0.846. The van der Waals surface area contributed by atoms with E-state index >= 15 is 0 Å². The highest BCUT2D eigenvalue weighted by Crippen LogP contribution is 2.09. The van der Waals surface area contributed by atoms with E-state index in [1.165, 1.54) is 0 Å². The van der Waals surface area contributed by atoms with Crippen LogP contribution in [0.3, 0.4) is 0 Å². The molecule has 0 aliphatic rings. The highest BCUT2D eigenvalue weighted by atomic mass is 32.1. The van der Waals surface area contributed by atoms with Crippen LogP contribution in [0.25, 0.3) is 0 Å². The first-order valence-electron chi connectivity index (χ1n) is 3.48. The zero-order valence-electron chi connectivity index (χ0n) is 6.45. The van der Waals surface area contributed by atoms with Gasteiger partial charge in [-0.05, 0) is 24.3 Å². The van der Waals surface area contributed by atoms with Crippen molar-refractivity contribution in [2.45, 2.75) is 0 Å². The summed E-state index contributed by atoms with van der Waals surface area (Å²) in [6.45, 7) is 0. The zero-order valence-corrected chi connectivity index (χ0v) is 7.34. The molecular weight excluding hydrogens is 172 g/mol. The van der Waals surface area contributed by atoms with Crippen molar-refractivity contribution >= 4 is 29.9 Å². The van der Waals surface area contributed by atoms with Crippen molar-refractivity contribution in [1.29, 1.82) is 0 Å². The van der Waals surface area contributed by atoms with Gasteiger partial charge in [-0.25, -0.2) is 0 Å². The standard InChI is InChI=1S/C8H10N2OS/c9-6-1-3-7(4-2-6)10-8(11)5-12/h1-4,12H,5,9H2,(H,10,11). The van der Waals surface area contributed by atoms with Crippen molar-refractivity contribution in [2.24, 2.45) is 0 Å². The Bertz CT molecular complexity index is 271. The average Bonchev–Trinajstić information content (AvgIpc) is 2.09. The van der Waals surface area contributed by atoms with Gasteiger partial charge in [-0.1, -0.05) is 0 Å². The van der Waals surface area contributed by atoms with E-state index in [1.54, 1.807) is 24.3 Å². The van der Waals surface area contributed by atoms with E-state index in [4.69, 9.17) is 5.73 Å². The first-order valence-corrected chi connectivity index (χ1v) is 4.12. The van der Waals surface area contributed by atoms with Crippen LogP contribution < -0.4 is 11.1 Å². The van der Waals surface area contributed by atoms with Crippen LogP contribution >= 0.6 is 12.6 Å². The molecule has 3 nitrogen and oxygen atoms in total. The monoisotopic (exact) mass is 182 g/mol. The molecule has 0 saturated carbocycles. The maximum Gasteiger partial charge on any atom is 0.234 e. The van der Waals surface area contributed by atoms with Gasteiger partial charge in [0.1, 0.15) is 0 Å². The maximum atomic E-state index is 10.8. The number of benzene rings is 1. The van der Waals surface area contributed by atoms with E-state index in [1.807, 2.05) is 0 Å². The van der Waals surface area contributed by atoms with Gasteiger partial charge < -0.3 is 11.1 Å². The van der Waals surface area contributed by atoms with Gasteiger partial charge in [-0.15, -0.1) is 0 Å². The lowest BCUT2D eigenvalue weighted by Crippen LogP contribution is -2.12. The van der Waals surface area contributed by atoms with Crippen LogP contribution in [0.15, 0.2) is 24.3 Å². The Balaban J connectivity index is 2.64. The van der Waals surface area contributed by atoms with Gasteiger partial charge >= 0.3 is 0 Å². The Morgan fingerprint density at radius 1 is 1.42 bits per heavy atom. The first kappa shape index (κ1) is 8.93. The molecule has 0 aliphatic heterocycles. The third kappa shape index (κ3) is 2.47. The van der Waals surface area contributed by atoms with Gasteiger partial charge in [0.15, 0.2) is 0 Å². The summed E-state index contributed by atoms with van der Waals surface area (Å²) in [5.41, 5.74) is 6.88. The molecule has 64 valence electrons. The summed E-state index contributed by atoms with van der Waals surface area (Å²) >= 11 is 3.83. The molecule has 0 unspecified atom stereocenters. The number of thiol groups is 1. The van der Waals surface area contributed by atoms with Gasteiger partial charge in [-0.3, -0.25) is 4.79 Å². The van der Waals surface area contributed by atoms with Crippen LogP contribution in [-0.4, -0.2) is 11.7 Å². The Labute approximate surface area is 76.4 Å². The molecule has 0 atom stereocenters.